The van der Waals surface area contributed by atoms with Gasteiger partial charge in [0.25, 0.3) is 10.0 Å². The molecule has 4 rings (SSSR count). The lowest BCUT2D eigenvalue weighted by Gasteiger charge is -2.33. The Labute approximate surface area is 264 Å². The number of ether oxygens (including phenoxy) is 1. The van der Waals surface area contributed by atoms with Gasteiger partial charge in [-0.15, -0.1) is 0 Å². The van der Waals surface area contributed by atoms with Crippen LogP contribution < -0.4 is 14.4 Å². The number of rotatable bonds is 11. The summed E-state index contributed by atoms with van der Waals surface area (Å²) in [6, 6.07) is 17.0. The Hall–Kier alpha value is -3.27. The van der Waals surface area contributed by atoms with E-state index in [9.17, 15) is 18.0 Å². The normalized spacial score (nSPS) is 14.5. The van der Waals surface area contributed by atoms with Gasteiger partial charge in [0.2, 0.25) is 11.8 Å². The van der Waals surface area contributed by atoms with Gasteiger partial charge in [-0.2, -0.15) is 0 Å². The van der Waals surface area contributed by atoms with E-state index in [0.717, 1.165) is 42.0 Å². The van der Waals surface area contributed by atoms with Gasteiger partial charge in [-0.25, -0.2) is 8.42 Å². The highest BCUT2D eigenvalue weighted by Crippen LogP contribution is 2.33. The van der Waals surface area contributed by atoms with Gasteiger partial charge < -0.3 is 15.0 Å². The van der Waals surface area contributed by atoms with Crippen LogP contribution in [0.1, 0.15) is 50.2 Å². The zero-order valence-corrected chi connectivity index (χ0v) is 26.9. The summed E-state index contributed by atoms with van der Waals surface area (Å²) in [6.07, 6.45) is 4.94. The molecule has 0 unspecified atom stereocenters. The first kappa shape index (κ1) is 32.6. The predicted octanol–water partition coefficient (Wildman–Crippen LogP) is 6.37. The molecule has 2 amide bonds. The molecule has 3 aromatic rings. The highest BCUT2D eigenvalue weighted by molar-refractivity contribution is 7.92. The van der Waals surface area contributed by atoms with Crippen molar-refractivity contribution in [3.63, 3.8) is 0 Å². The van der Waals surface area contributed by atoms with Crippen molar-refractivity contribution in [1.82, 2.24) is 10.2 Å². The van der Waals surface area contributed by atoms with Crippen molar-refractivity contribution >= 4 is 50.7 Å². The second-order valence-corrected chi connectivity index (χ2v) is 13.4. The number of para-hydroxylation sites is 2. The molecular weight excluding hydrogens is 609 g/mol. The van der Waals surface area contributed by atoms with E-state index >= 15 is 0 Å². The zero-order valence-electron chi connectivity index (χ0n) is 24.6. The van der Waals surface area contributed by atoms with E-state index in [0.29, 0.717) is 15.6 Å². The fourth-order valence-electron chi connectivity index (χ4n) is 5.19. The fourth-order valence-corrected chi connectivity index (χ4v) is 7.13. The molecule has 1 saturated carbocycles. The average Bonchev–Trinajstić information content (AvgIpc) is 3.00. The summed E-state index contributed by atoms with van der Waals surface area (Å²) >= 11 is 13.0. The zero-order chi connectivity index (χ0) is 31.1. The number of benzene rings is 3. The van der Waals surface area contributed by atoms with E-state index in [-0.39, 0.29) is 34.8 Å². The van der Waals surface area contributed by atoms with Gasteiger partial charge in [0, 0.05) is 28.2 Å². The maximum absolute atomic E-state index is 14.2. The number of nitrogens with one attached hydrogen (secondary N) is 1. The number of halogens is 2. The van der Waals surface area contributed by atoms with Crippen molar-refractivity contribution in [2.45, 2.75) is 69.5 Å². The van der Waals surface area contributed by atoms with Gasteiger partial charge in [-0.05, 0) is 63.1 Å². The number of hydrogen-bond donors (Lipinski definition) is 1. The van der Waals surface area contributed by atoms with Crippen molar-refractivity contribution in [2.24, 2.45) is 0 Å². The average molecular weight is 647 g/mol. The van der Waals surface area contributed by atoms with E-state index in [4.69, 9.17) is 27.9 Å². The Morgan fingerprint density at radius 3 is 2.21 bits per heavy atom. The fraction of sp³-hybridized carbons (Fsp3) is 0.375. The smallest absolute Gasteiger partial charge is 0.264 e. The summed E-state index contributed by atoms with van der Waals surface area (Å²) in [6.45, 7) is 2.79. The number of methoxy groups -OCH3 is 1. The van der Waals surface area contributed by atoms with Crippen LogP contribution in [0.25, 0.3) is 0 Å². The number of sulfonamides is 1. The molecule has 1 N–H and O–H groups in total. The summed E-state index contributed by atoms with van der Waals surface area (Å²) in [4.78, 5) is 29.1. The predicted molar refractivity (Wildman–Crippen MR) is 170 cm³/mol. The lowest BCUT2D eigenvalue weighted by atomic mass is 9.95. The van der Waals surface area contributed by atoms with E-state index in [2.05, 4.69) is 5.32 Å². The summed E-state index contributed by atoms with van der Waals surface area (Å²) in [7, 11) is -2.81. The monoisotopic (exact) mass is 645 g/mol. The molecule has 8 nitrogen and oxygen atoms in total. The van der Waals surface area contributed by atoms with Crippen LogP contribution in [-0.2, 0) is 26.2 Å². The minimum absolute atomic E-state index is 0.0144. The Morgan fingerprint density at radius 2 is 1.58 bits per heavy atom. The first-order valence-corrected chi connectivity index (χ1v) is 16.5. The largest absolute Gasteiger partial charge is 0.495 e. The van der Waals surface area contributed by atoms with Crippen LogP contribution in [0.15, 0.2) is 71.6 Å². The number of carbonyl (C=O) groups excluding carboxylic acids is 2. The first-order valence-electron chi connectivity index (χ1n) is 14.3. The second-order valence-electron chi connectivity index (χ2n) is 10.7. The van der Waals surface area contributed by atoms with Crippen LogP contribution in [0.4, 0.5) is 5.69 Å². The molecule has 11 heteroatoms. The summed E-state index contributed by atoms with van der Waals surface area (Å²) in [5.41, 5.74) is 1.54. The third-order valence-electron chi connectivity index (χ3n) is 7.75. The van der Waals surface area contributed by atoms with Crippen LogP contribution in [-0.4, -0.2) is 50.9 Å². The number of hydrogen-bond acceptors (Lipinski definition) is 5. The molecular formula is C32H37Cl2N3O5S. The standard InChI is InChI=1S/C32H37Cl2N3O5S/c1-22-16-18-25(19-17-22)43(40,41)37(29-14-7-8-15-30(29)42-3)21-31(38)36(20-26-27(33)12-9-13-28(26)34)23(2)32(39)35-24-10-5-4-6-11-24/h7-9,12-19,23-24H,4-6,10-11,20-21H2,1-3H3,(H,35,39)/t23-/m1/s1. The highest BCUT2D eigenvalue weighted by Gasteiger charge is 2.34. The lowest BCUT2D eigenvalue weighted by molar-refractivity contribution is -0.139. The summed E-state index contributed by atoms with van der Waals surface area (Å²) in [5, 5.41) is 3.75. The number of carbonyl (C=O) groups is 2. The van der Waals surface area contributed by atoms with Gasteiger partial charge in [-0.1, -0.05) is 78.4 Å². The molecule has 1 aliphatic carbocycles. The molecule has 0 bridgehead atoms. The Bertz CT molecular complexity index is 1520. The van der Waals surface area contributed by atoms with Crippen molar-refractivity contribution in [2.75, 3.05) is 18.0 Å². The minimum Gasteiger partial charge on any atom is -0.495 e. The van der Waals surface area contributed by atoms with Crippen molar-refractivity contribution in [3.8, 4) is 5.75 Å². The Morgan fingerprint density at radius 1 is 0.953 bits per heavy atom. The molecule has 230 valence electrons. The van der Waals surface area contributed by atoms with Gasteiger partial charge in [0.15, 0.2) is 0 Å². The summed E-state index contributed by atoms with van der Waals surface area (Å²) in [5.74, 6) is -0.660. The number of amides is 2. The molecule has 1 fully saturated rings. The molecule has 1 atom stereocenters. The van der Waals surface area contributed by atoms with E-state index < -0.39 is 28.5 Å². The minimum atomic E-state index is -4.24. The van der Waals surface area contributed by atoms with Crippen molar-refractivity contribution in [1.29, 1.82) is 0 Å². The number of nitrogens with zero attached hydrogens (tertiary/aromatic N) is 2. The van der Waals surface area contributed by atoms with Crippen LogP contribution in [0, 0.1) is 6.92 Å². The van der Waals surface area contributed by atoms with Crippen molar-refractivity contribution in [3.05, 3.63) is 87.9 Å². The third kappa shape index (κ3) is 7.82. The number of aryl methyl sites for hydroxylation is 1. The third-order valence-corrected chi connectivity index (χ3v) is 10.2. The Balaban J connectivity index is 1.74. The molecule has 0 aliphatic heterocycles. The molecule has 0 saturated heterocycles. The molecule has 0 radical (unpaired) electrons. The van der Waals surface area contributed by atoms with Crippen molar-refractivity contribution < 1.29 is 22.7 Å². The maximum atomic E-state index is 14.2. The van der Waals surface area contributed by atoms with E-state index in [1.165, 1.54) is 24.1 Å². The highest BCUT2D eigenvalue weighted by atomic mass is 35.5. The van der Waals surface area contributed by atoms with Gasteiger partial charge in [0.05, 0.1) is 17.7 Å². The molecule has 0 aromatic heterocycles. The topological polar surface area (TPSA) is 96.0 Å². The molecule has 43 heavy (non-hydrogen) atoms. The van der Waals surface area contributed by atoms with E-state index in [1.807, 2.05) is 6.92 Å². The quantitative estimate of drug-likeness (QED) is 0.261. The van der Waals surface area contributed by atoms with E-state index in [1.54, 1.807) is 61.5 Å². The molecule has 0 spiro atoms. The van der Waals surface area contributed by atoms with Crippen LogP contribution in [0.2, 0.25) is 10.0 Å². The molecule has 1 aliphatic rings. The Kier molecular flexibility index (Phi) is 11.0. The van der Waals surface area contributed by atoms with Crippen LogP contribution in [0.3, 0.4) is 0 Å². The molecule has 3 aromatic carbocycles. The maximum Gasteiger partial charge on any atom is 0.264 e. The van der Waals surface area contributed by atoms with Gasteiger partial charge in [-0.3, -0.25) is 13.9 Å². The lowest BCUT2D eigenvalue weighted by Crippen LogP contribution is -2.53. The van der Waals surface area contributed by atoms with Crippen LogP contribution in [0.5, 0.6) is 5.75 Å². The SMILES string of the molecule is COc1ccccc1N(CC(=O)N(Cc1c(Cl)cccc1Cl)[C@H](C)C(=O)NC1CCCCC1)S(=O)(=O)c1ccc(C)cc1. The van der Waals surface area contributed by atoms with Gasteiger partial charge >= 0.3 is 0 Å². The second kappa shape index (κ2) is 14.5. The van der Waals surface area contributed by atoms with Crippen LogP contribution >= 0.6 is 23.2 Å². The first-order chi connectivity index (χ1) is 20.5. The summed E-state index contributed by atoms with van der Waals surface area (Å²) < 4.78 is 34.7. The van der Waals surface area contributed by atoms with Gasteiger partial charge in [0.1, 0.15) is 18.3 Å². The number of anilines is 1. The molecule has 0 heterocycles.